The minimum absolute atomic E-state index is 0.230. The molecule has 0 spiro atoms. The van der Waals surface area contributed by atoms with E-state index < -0.39 is 5.97 Å². The van der Waals surface area contributed by atoms with Crippen LogP contribution >= 0.6 is 23.2 Å². The van der Waals surface area contributed by atoms with Gasteiger partial charge in [0.05, 0.1) is 37.6 Å². The van der Waals surface area contributed by atoms with Gasteiger partial charge in [-0.25, -0.2) is 10.2 Å². The molecule has 0 saturated carbocycles. The summed E-state index contributed by atoms with van der Waals surface area (Å²) in [5.74, 6) is 1.03. The van der Waals surface area contributed by atoms with Gasteiger partial charge < -0.3 is 18.9 Å². The highest BCUT2D eigenvalue weighted by Crippen LogP contribution is 2.29. The summed E-state index contributed by atoms with van der Waals surface area (Å²) in [7, 11) is 3.01. The maximum absolute atomic E-state index is 12.4. The number of benzene rings is 3. The van der Waals surface area contributed by atoms with Gasteiger partial charge >= 0.3 is 5.97 Å². The molecule has 8 nitrogen and oxygen atoms in total. The highest BCUT2D eigenvalue weighted by atomic mass is 35.5. The predicted molar refractivity (Wildman–Crippen MR) is 138 cm³/mol. The highest BCUT2D eigenvalue weighted by Gasteiger charge is 2.13. The average Bonchev–Trinajstić information content (AvgIpc) is 2.88. The van der Waals surface area contributed by atoms with Crippen molar-refractivity contribution in [2.75, 3.05) is 20.8 Å². The average molecular weight is 531 g/mol. The number of nitrogens with one attached hydrogen (secondary N) is 1. The zero-order valence-corrected chi connectivity index (χ0v) is 21.1. The number of carbonyl (C=O) groups is 2. The standard InChI is InChI=1S/C26H24Cl2N2O6/c1-33-23-11-7-18(14-24(23)34-2)26(32)36-20-9-5-17(6-10-20)16-29-30-25(31)4-3-13-35-22-12-8-19(27)15-21(22)28/h5-12,14-16H,3-4,13H2,1-2H3,(H,30,31). The van der Waals surface area contributed by atoms with Crippen LogP contribution in [0.1, 0.15) is 28.8 Å². The number of carbonyl (C=O) groups excluding carboxylic acids is 2. The molecule has 3 aromatic carbocycles. The number of rotatable bonds is 11. The minimum atomic E-state index is -0.535. The van der Waals surface area contributed by atoms with Gasteiger partial charge in [0.1, 0.15) is 11.5 Å². The van der Waals surface area contributed by atoms with E-state index in [1.54, 1.807) is 60.7 Å². The van der Waals surface area contributed by atoms with Crippen molar-refractivity contribution in [3.8, 4) is 23.0 Å². The zero-order chi connectivity index (χ0) is 25.9. The molecule has 0 unspecified atom stereocenters. The van der Waals surface area contributed by atoms with Crippen molar-refractivity contribution in [2.24, 2.45) is 5.10 Å². The van der Waals surface area contributed by atoms with Crippen molar-refractivity contribution in [1.82, 2.24) is 5.43 Å². The van der Waals surface area contributed by atoms with Crippen LogP contribution in [0.25, 0.3) is 0 Å². The SMILES string of the molecule is COc1ccc(C(=O)Oc2ccc(C=NNC(=O)CCCOc3ccc(Cl)cc3Cl)cc2)cc1OC. The van der Waals surface area contributed by atoms with Crippen LogP contribution in [0.15, 0.2) is 65.8 Å². The number of nitrogens with zero attached hydrogens (tertiary/aromatic N) is 1. The second-order valence-corrected chi connectivity index (χ2v) is 8.19. The third-order valence-electron chi connectivity index (χ3n) is 4.81. The third kappa shape index (κ3) is 7.90. The molecule has 10 heteroatoms. The quantitative estimate of drug-likeness (QED) is 0.115. The lowest BCUT2D eigenvalue weighted by atomic mass is 10.2. The molecule has 0 aromatic heterocycles. The van der Waals surface area contributed by atoms with Gasteiger partial charge in [0.2, 0.25) is 5.91 Å². The van der Waals surface area contributed by atoms with E-state index in [0.717, 1.165) is 0 Å². The molecule has 0 saturated heterocycles. The summed E-state index contributed by atoms with van der Waals surface area (Å²) in [6, 6.07) is 16.4. The largest absolute Gasteiger partial charge is 0.493 e. The summed E-state index contributed by atoms with van der Waals surface area (Å²) in [4.78, 5) is 24.4. The second kappa shape index (κ2) is 13.4. The normalized spacial score (nSPS) is 10.7. The maximum atomic E-state index is 12.4. The number of hydrogen-bond donors (Lipinski definition) is 1. The predicted octanol–water partition coefficient (Wildman–Crippen LogP) is 5.54. The minimum Gasteiger partial charge on any atom is -0.493 e. The zero-order valence-electron chi connectivity index (χ0n) is 19.6. The van der Waals surface area contributed by atoms with Gasteiger partial charge in [-0.2, -0.15) is 5.10 Å². The summed E-state index contributed by atoms with van der Waals surface area (Å²) < 4.78 is 21.3. The van der Waals surface area contributed by atoms with Gasteiger partial charge in [-0.3, -0.25) is 4.79 Å². The van der Waals surface area contributed by atoms with E-state index in [9.17, 15) is 9.59 Å². The van der Waals surface area contributed by atoms with Crippen LogP contribution in [-0.2, 0) is 4.79 Å². The Hall–Kier alpha value is -3.75. The molecule has 1 N–H and O–H groups in total. The fourth-order valence-corrected chi connectivity index (χ4v) is 3.46. The molecule has 0 heterocycles. The van der Waals surface area contributed by atoms with Crippen LogP contribution in [0.4, 0.5) is 0 Å². The van der Waals surface area contributed by atoms with E-state index in [0.29, 0.717) is 57.2 Å². The number of halogens is 2. The van der Waals surface area contributed by atoms with E-state index in [1.165, 1.54) is 20.4 Å². The second-order valence-electron chi connectivity index (χ2n) is 7.35. The van der Waals surface area contributed by atoms with Gasteiger partial charge in [-0.15, -0.1) is 0 Å². The van der Waals surface area contributed by atoms with Gasteiger partial charge in [-0.1, -0.05) is 23.2 Å². The fraction of sp³-hybridized carbons (Fsp3) is 0.192. The lowest BCUT2D eigenvalue weighted by Gasteiger charge is -2.09. The first-order valence-corrected chi connectivity index (χ1v) is 11.6. The molecule has 188 valence electrons. The van der Waals surface area contributed by atoms with Crippen molar-refractivity contribution >= 4 is 41.3 Å². The monoisotopic (exact) mass is 530 g/mol. The highest BCUT2D eigenvalue weighted by molar-refractivity contribution is 6.35. The third-order valence-corrected chi connectivity index (χ3v) is 5.34. The number of esters is 1. The molecule has 3 rings (SSSR count). The van der Waals surface area contributed by atoms with Crippen molar-refractivity contribution in [1.29, 1.82) is 0 Å². The van der Waals surface area contributed by atoms with Crippen molar-refractivity contribution < 1.29 is 28.5 Å². The molecule has 36 heavy (non-hydrogen) atoms. The Morgan fingerprint density at radius 3 is 2.33 bits per heavy atom. The Morgan fingerprint density at radius 2 is 1.64 bits per heavy atom. The molecule has 3 aromatic rings. The molecule has 0 fully saturated rings. The Balaban J connectivity index is 1.42. The van der Waals surface area contributed by atoms with E-state index in [1.807, 2.05) is 0 Å². The van der Waals surface area contributed by atoms with E-state index in [4.69, 9.17) is 42.1 Å². The molecule has 1 amide bonds. The number of hydrogen-bond acceptors (Lipinski definition) is 7. The smallest absolute Gasteiger partial charge is 0.343 e. The van der Waals surface area contributed by atoms with Crippen molar-refractivity contribution in [3.05, 3.63) is 81.8 Å². The molecular formula is C26H24Cl2N2O6. The first kappa shape index (κ1) is 26.8. The molecule has 0 atom stereocenters. The van der Waals surface area contributed by atoms with Gasteiger partial charge in [0, 0.05) is 11.4 Å². The van der Waals surface area contributed by atoms with Crippen LogP contribution in [0.5, 0.6) is 23.0 Å². The summed E-state index contributed by atoms with van der Waals surface area (Å²) in [6.45, 7) is 0.321. The maximum Gasteiger partial charge on any atom is 0.343 e. The van der Waals surface area contributed by atoms with Gasteiger partial charge in [-0.05, 0) is 72.6 Å². The molecular weight excluding hydrogens is 507 g/mol. The molecule has 0 aliphatic heterocycles. The lowest BCUT2D eigenvalue weighted by molar-refractivity contribution is -0.121. The van der Waals surface area contributed by atoms with Crippen molar-refractivity contribution in [2.45, 2.75) is 12.8 Å². The van der Waals surface area contributed by atoms with Crippen LogP contribution in [-0.4, -0.2) is 38.9 Å². The Bertz CT molecular complexity index is 1230. The topological polar surface area (TPSA) is 95.5 Å². The molecule has 0 radical (unpaired) electrons. The van der Waals surface area contributed by atoms with E-state index >= 15 is 0 Å². The van der Waals surface area contributed by atoms with Crippen LogP contribution in [0.3, 0.4) is 0 Å². The first-order chi connectivity index (χ1) is 17.4. The number of hydrazone groups is 1. The Labute approximate surface area is 218 Å². The number of methoxy groups -OCH3 is 2. The summed E-state index contributed by atoms with van der Waals surface area (Å²) in [5.41, 5.74) is 3.49. The fourth-order valence-electron chi connectivity index (χ4n) is 2.99. The molecule has 0 bridgehead atoms. The first-order valence-electron chi connectivity index (χ1n) is 10.8. The van der Waals surface area contributed by atoms with E-state index in [-0.39, 0.29) is 12.3 Å². The van der Waals surface area contributed by atoms with Crippen LogP contribution in [0.2, 0.25) is 10.0 Å². The lowest BCUT2D eigenvalue weighted by Crippen LogP contribution is -2.18. The summed E-state index contributed by atoms with van der Waals surface area (Å²) >= 11 is 11.9. The van der Waals surface area contributed by atoms with Gasteiger partial charge in [0.15, 0.2) is 11.5 Å². The molecule has 0 aliphatic rings. The Kier molecular flexibility index (Phi) is 9.97. The van der Waals surface area contributed by atoms with Gasteiger partial charge in [0.25, 0.3) is 0 Å². The Morgan fingerprint density at radius 1 is 0.917 bits per heavy atom. The number of amides is 1. The summed E-state index contributed by atoms with van der Waals surface area (Å²) in [6.07, 6.45) is 2.20. The van der Waals surface area contributed by atoms with Crippen LogP contribution < -0.4 is 24.4 Å². The van der Waals surface area contributed by atoms with Crippen molar-refractivity contribution in [3.63, 3.8) is 0 Å². The number of ether oxygens (including phenoxy) is 4. The van der Waals surface area contributed by atoms with E-state index in [2.05, 4.69) is 10.5 Å². The summed E-state index contributed by atoms with van der Waals surface area (Å²) in [5, 5.41) is 4.88. The van der Waals surface area contributed by atoms with Crippen LogP contribution in [0, 0.1) is 0 Å². The molecule has 0 aliphatic carbocycles.